The first kappa shape index (κ1) is 11.7. The van der Waals surface area contributed by atoms with E-state index in [4.69, 9.17) is 0 Å². The normalized spacial score (nSPS) is 17.6. The van der Waals surface area contributed by atoms with E-state index in [0.29, 0.717) is 0 Å². The molecule has 0 aromatic rings. The molecular weight excluding hydrogens is 168 g/mol. The van der Waals surface area contributed by atoms with E-state index >= 15 is 0 Å². The Hall–Kier alpha value is -0.313. The second-order valence-electron chi connectivity index (χ2n) is 3.44. The van der Waals surface area contributed by atoms with Gasteiger partial charge in [-0.25, -0.2) is 0 Å². The Kier molecular flexibility index (Phi) is 7.15. The zero-order valence-corrected chi connectivity index (χ0v) is 9.58. The quantitative estimate of drug-likeness (QED) is 0.430. The van der Waals surface area contributed by atoms with Crippen molar-refractivity contribution < 1.29 is 9.53 Å². The van der Waals surface area contributed by atoms with E-state index in [1.165, 1.54) is 20.5 Å². The van der Waals surface area contributed by atoms with Gasteiger partial charge in [0.2, 0.25) is 0 Å². The molecule has 0 unspecified atom stereocenters. The summed E-state index contributed by atoms with van der Waals surface area (Å²) >= 11 is 0. The number of rotatable bonds is 0. The number of carbonyl (C=O) groups is 1. The molecule has 1 heterocycles. The van der Waals surface area contributed by atoms with Gasteiger partial charge in [0.15, 0.2) is 0 Å². The molecule has 0 spiro atoms. The van der Waals surface area contributed by atoms with Crippen molar-refractivity contribution >= 4 is 14.8 Å². The number of methoxy groups -OCH3 is 1. The maximum absolute atomic E-state index is 9.59. The van der Waals surface area contributed by atoms with E-state index in [1.54, 1.807) is 24.9 Å². The third kappa shape index (κ3) is 7.79. The number of hydrogen-bond acceptors (Lipinski definition) is 2. The maximum Gasteiger partial charge on any atom is 0.302 e. The van der Waals surface area contributed by atoms with Gasteiger partial charge in [0.05, 0.1) is 7.11 Å². The summed E-state index contributed by atoms with van der Waals surface area (Å²) in [6, 6.07) is 3.25. The van der Waals surface area contributed by atoms with E-state index in [0.717, 1.165) is 0 Å². The second kappa shape index (κ2) is 7.34. The van der Waals surface area contributed by atoms with Crippen LogP contribution in [0.15, 0.2) is 0 Å². The van der Waals surface area contributed by atoms with Crippen LogP contribution in [-0.4, -0.2) is 21.9 Å². The van der Waals surface area contributed by atoms with Gasteiger partial charge in [0, 0.05) is 15.7 Å². The van der Waals surface area contributed by atoms with E-state index in [1.807, 2.05) is 0 Å². The van der Waals surface area contributed by atoms with Gasteiger partial charge in [-0.3, -0.25) is 4.79 Å². The molecule has 12 heavy (non-hydrogen) atoms. The van der Waals surface area contributed by atoms with Crippen LogP contribution in [0.3, 0.4) is 0 Å². The molecule has 2 nitrogen and oxygen atoms in total. The summed E-state index contributed by atoms with van der Waals surface area (Å²) in [6.45, 7) is 3.86. The van der Waals surface area contributed by atoms with Crippen molar-refractivity contribution in [3.05, 3.63) is 0 Å². The highest BCUT2D eigenvalue weighted by atomic mass is 28.3. The molecule has 0 atom stereocenters. The predicted molar refractivity (Wildman–Crippen MR) is 54.2 cm³/mol. The summed E-state index contributed by atoms with van der Waals surface area (Å²) in [6.07, 6.45) is 4.62. The molecule has 1 rings (SSSR count). The molecule has 1 fully saturated rings. The smallest absolute Gasteiger partial charge is 0.302 e. The van der Waals surface area contributed by atoms with Gasteiger partial charge in [0.1, 0.15) is 0 Å². The molecule has 0 amide bonds. The lowest BCUT2D eigenvalue weighted by atomic mass is 10.3. The van der Waals surface area contributed by atoms with Crippen molar-refractivity contribution in [2.24, 2.45) is 0 Å². The Morgan fingerprint density at radius 3 is 1.83 bits per heavy atom. The summed E-state index contributed by atoms with van der Waals surface area (Å²) in [7, 11) is 1.26. The van der Waals surface area contributed by atoms with Crippen molar-refractivity contribution in [2.45, 2.75) is 44.8 Å². The monoisotopic (exact) mass is 188 g/mol. The minimum Gasteiger partial charge on any atom is -0.469 e. The predicted octanol–water partition coefficient (Wildman–Crippen LogP) is 2.21. The SMILES string of the molecule is COC(C)=O.C[SiH]1CCCCC1. The van der Waals surface area contributed by atoms with Crippen LogP contribution in [0.25, 0.3) is 0 Å². The van der Waals surface area contributed by atoms with Crippen LogP contribution in [0.4, 0.5) is 0 Å². The van der Waals surface area contributed by atoms with E-state index < -0.39 is 0 Å². The van der Waals surface area contributed by atoms with E-state index in [-0.39, 0.29) is 14.8 Å². The molecule has 1 aliphatic rings. The van der Waals surface area contributed by atoms with Crippen LogP contribution in [0.1, 0.15) is 26.2 Å². The number of esters is 1. The molecule has 0 aromatic carbocycles. The largest absolute Gasteiger partial charge is 0.469 e. The summed E-state index contributed by atoms with van der Waals surface area (Å²) in [5.74, 6) is -0.245. The average molecular weight is 188 g/mol. The van der Waals surface area contributed by atoms with Gasteiger partial charge in [0.25, 0.3) is 0 Å². The van der Waals surface area contributed by atoms with Crippen LogP contribution in [0.5, 0.6) is 0 Å². The summed E-state index contributed by atoms with van der Waals surface area (Å²) in [5, 5.41) is 0. The van der Waals surface area contributed by atoms with E-state index in [9.17, 15) is 4.79 Å². The van der Waals surface area contributed by atoms with Crippen LogP contribution in [0, 0.1) is 0 Å². The summed E-state index contributed by atoms with van der Waals surface area (Å²) < 4.78 is 4.11. The van der Waals surface area contributed by atoms with Crippen molar-refractivity contribution in [1.29, 1.82) is 0 Å². The Morgan fingerprint density at radius 2 is 1.67 bits per heavy atom. The van der Waals surface area contributed by atoms with Crippen molar-refractivity contribution in [2.75, 3.05) is 7.11 Å². The maximum atomic E-state index is 9.59. The first-order valence-corrected chi connectivity index (χ1v) is 7.50. The fourth-order valence-electron chi connectivity index (χ4n) is 1.31. The van der Waals surface area contributed by atoms with Crippen molar-refractivity contribution in [3.8, 4) is 0 Å². The number of hydrogen-bond donors (Lipinski definition) is 0. The van der Waals surface area contributed by atoms with Crippen LogP contribution >= 0.6 is 0 Å². The minimum atomic E-state index is -0.245. The summed E-state index contributed by atoms with van der Waals surface area (Å²) in [4.78, 5) is 9.59. The first-order valence-electron chi connectivity index (χ1n) is 4.71. The zero-order chi connectivity index (χ0) is 9.40. The minimum absolute atomic E-state index is 0.0945. The van der Waals surface area contributed by atoms with Gasteiger partial charge >= 0.3 is 5.97 Å². The molecule has 0 aromatic heterocycles. The Bertz CT molecular complexity index is 120. The third-order valence-electron chi connectivity index (χ3n) is 2.18. The zero-order valence-electron chi connectivity index (χ0n) is 8.43. The Labute approximate surface area is 76.9 Å². The average Bonchev–Trinajstić information content (AvgIpc) is 2.07. The van der Waals surface area contributed by atoms with Gasteiger partial charge in [-0.15, -0.1) is 0 Å². The molecule has 0 N–H and O–H groups in total. The number of carbonyl (C=O) groups excluding carboxylic acids is 1. The standard InChI is InChI=1S/C6H14Si.C3H6O2/c1-7-5-3-2-4-6-7;1-3(4)5-2/h7H,2-6H2,1H3;1-2H3. The first-order chi connectivity index (χ1) is 5.66. The topological polar surface area (TPSA) is 26.3 Å². The molecule has 72 valence electrons. The van der Waals surface area contributed by atoms with Gasteiger partial charge in [-0.2, -0.15) is 0 Å². The molecule has 0 saturated carbocycles. The molecular formula is C9H20O2Si. The van der Waals surface area contributed by atoms with Gasteiger partial charge in [-0.1, -0.05) is 37.9 Å². The van der Waals surface area contributed by atoms with Crippen LogP contribution in [0.2, 0.25) is 18.6 Å². The lowest BCUT2D eigenvalue weighted by Crippen LogP contribution is -2.09. The van der Waals surface area contributed by atoms with Crippen LogP contribution in [-0.2, 0) is 9.53 Å². The molecule has 1 aliphatic heterocycles. The highest BCUT2D eigenvalue weighted by Gasteiger charge is 2.07. The molecule has 0 bridgehead atoms. The fraction of sp³-hybridized carbons (Fsp3) is 0.889. The Morgan fingerprint density at radius 1 is 1.25 bits per heavy atom. The molecule has 0 radical (unpaired) electrons. The van der Waals surface area contributed by atoms with Crippen LogP contribution < -0.4 is 0 Å². The fourth-order valence-corrected chi connectivity index (χ4v) is 3.57. The van der Waals surface area contributed by atoms with E-state index in [2.05, 4.69) is 11.3 Å². The second-order valence-corrected chi connectivity index (χ2v) is 6.80. The lowest BCUT2D eigenvalue weighted by molar-refractivity contribution is -0.137. The molecule has 1 saturated heterocycles. The highest BCUT2D eigenvalue weighted by Crippen LogP contribution is 2.17. The van der Waals surface area contributed by atoms with Crippen molar-refractivity contribution in [1.82, 2.24) is 0 Å². The molecule has 0 aliphatic carbocycles. The Balaban J connectivity index is 0.000000217. The van der Waals surface area contributed by atoms with Gasteiger partial charge in [-0.05, 0) is 0 Å². The van der Waals surface area contributed by atoms with Gasteiger partial charge < -0.3 is 4.74 Å². The number of ether oxygens (including phenoxy) is 1. The highest BCUT2D eigenvalue weighted by molar-refractivity contribution is 6.57. The lowest BCUT2D eigenvalue weighted by Gasteiger charge is -2.14. The molecule has 3 heteroatoms. The third-order valence-corrected chi connectivity index (χ3v) is 4.97. The van der Waals surface area contributed by atoms with Crippen molar-refractivity contribution in [3.63, 3.8) is 0 Å². The summed E-state index contributed by atoms with van der Waals surface area (Å²) in [5.41, 5.74) is 0.